The lowest BCUT2D eigenvalue weighted by Gasteiger charge is -2.05. The molecule has 2 atom stereocenters. The zero-order chi connectivity index (χ0) is 15.9. The highest BCUT2D eigenvalue weighted by molar-refractivity contribution is 9.10. The molecule has 0 unspecified atom stereocenters. The number of aryl methyl sites for hydroxylation is 1. The molecule has 22 heavy (non-hydrogen) atoms. The minimum atomic E-state index is -3.42. The molecule has 5 heteroatoms. The van der Waals surface area contributed by atoms with E-state index in [4.69, 9.17) is 0 Å². The van der Waals surface area contributed by atoms with Gasteiger partial charge in [0.05, 0.1) is 10.1 Å². The zero-order valence-corrected chi connectivity index (χ0v) is 14.4. The fraction of sp³-hybridized carbons (Fsp3) is 0.235. The number of hydrogen-bond donors (Lipinski definition) is 0. The van der Waals surface area contributed by atoms with E-state index in [9.17, 15) is 13.2 Å². The van der Waals surface area contributed by atoms with Crippen molar-refractivity contribution in [1.82, 2.24) is 0 Å². The van der Waals surface area contributed by atoms with Crippen LogP contribution in [0.25, 0.3) is 0 Å². The predicted molar refractivity (Wildman–Crippen MR) is 88.7 cm³/mol. The lowest BCUT2D eigenvalue weighted by Crippen LogP contribution is -2.14. The molecule has 2 aromatic rings. The van der Waals surface area contributed by atoms with Crippen molar-refractivity contribution in [2.24, 2.45) is 5.92 Å². The average Bonchev–Trinajstić information content (AvgIpc) is 3.29. The van der Waals surface area contributed by atoms with Crippen molar-refractivity contribution in [2.75, 3.05) is 0 Å². The number of Topliss-reactive ketones (excluding diaryl/α,β-unsaturated/α-hetero) is 1. The summed E-state index contributed by atoms with van der Waals surface area (Å²) in [5.41, 5.74) is 1.58. The molecule has 0 saturated heterocycles. The van der Waals surface area contributed by atoms with Crippen LogP contribution in [0.15, 0.2) is 57.9 Å². The molecule has 0 aliphatic heterocycles. The van der Waals surface area contributed by atoms with Gasteiger partial charge in [-0.05, 0) is 37.6 Å². The SMILES string of the molecule is Cc1ccc(S(=O)(=O)[C@@H]2C[C@H]2C(=O)c2ccc(Br)cc2)cc1. The van der Waals surface area contributed by atoms with Crippen LogP contribution in [0.4, 0.5) is 0 Å². The number of carbonyl (C=O) groups excluding carboxylic acids is 1. The summed E-state index contributed by atoms with van der Waals surface area (Å²) in [6.07, 6.45) is 0.408. The van der Waals surface area contributed by atoms with Gasteiger partial charge in [-0.2, -0.15) is 0 Å². The van der Waals surface area contributed by atoms with Crippen LogP contribution in [-0.4, -0.2) is 19.5 Å². The first-order chi connectivity index (χ1) is 10.4. The lowest BCUT2D eigenvalue weighted by atomic mass is 10.1. The quantitative estimate of drug-likeness (QED) is 0.760. The Morgan fingerprint density at radius 2 is 1.64 bits per heavy atom. The van der Waals surface area contributed by atoms with E-state index in [1.165, 1.54) is 0 Å². The molecule has 3 rings (SSSR count). The minimum absolute atomic E-state index is 0.0896. The van der Waals surface area contributed by atoms with E-state index < -0.39 is 21.0 Å². The Kier molecular flexibility index (Phi) is 3.95. The van der Waals surface area contributed by atoms with E-state index in [0.29, 0.717) is 16.9 Å². The van der Waals surface area contributed by atoms with E-state index in [0.717, 1.165) is 10.0 Å². The number of rotatable bonds is 4. The maximum Gasteiger partial charge on any atom is 0.181 e. The van der Waals surface area contributed by atoms with Crippen molar-refractivity contribution in [2.45, 2.75) is 23.5 Å². The summed E-state index contributed by atoms with van der Waals surface area (Å²) in [5.74, 6) is -0.513. The monoisotopic (exact) mass is 378 g/mol. The number of sulfone groups is 1. The maximum absolute atomic E-state index is 12.5. The second-order valence-corrected chi connectivity index (χ2v) is 8.69. The average molecular weight is 379 g/mol. The van der Waals surface area contributed by atoms with Crippen molar-refractivity contribution in [3.63, 3.8) is 0 Å². The topological polar surface area (TPSA) is 51.2 Å². The van der Waals surface area contributed by atoms with Gasteiger partial charge in [0.15, 0.2) is 15.6 Å². The molecule has 1 fully saturated rings. The van der Waals surface area contributed by atoms with Gasteiger partial charge in [-0.1, -0.05) is 45.8 Å². The molecule has 0 bridgehead atoms. The fourth-order valence-corrected chi connectivity index (χ4v) is 4.67. The summed E-state index contributed by atoms with van der Waals surface area (Å²) in [6, 6.07) is 13.8. The minimum Gasteiger partial charge on any atom is -0.294 e. The molecule has 0 aromatic heterocycles. The first-order valence-corrected chi connectivity index (χ1v) is 9.34. The van der Waals surface area contributed by atoms with Gasteiger partial charge in [0, 0.05) is 16.0 Å². The molecule has 3 nitrogen and oxygen atoms in total. The molecule has 1 aliphatic rings. The molecule has 2 aromatic carbocycles. The van der Waals surface area contributed by atoms with Gasteiger partial charge in [0.2, 0.25) is 0 Å². The van der Waals surface area contributed by atoms with Gasteiger partial charge in [0.25, 0.3) is 0 Å². The Morgan fingerprint density at radius 3 is 2.23 bits per heavy atom. The van der Waals surface area contributed by atoms with E-state index >= 15 is 0 Å². The van der Waals surface area contributed by atoms with Crippen LogP contribution in [0.5, 0.6) is 0 Å². The van der Waals surface area contributed by atoms with Crippen LogP contribution in [0, 0.1) is 12.8 Å². The predicted octanol–water partition coefficient (Wildman–Crippen LogP) is 3.80. The summed E-state index contributed by atoms with van der Waals surface area (Å²) in [6.45, 7) is 1.91. The molecular formula is C17H15BrO3S. The fourth-order valence-electron chi connectivity index (χ4n) is 2.52. The van der Waals surface area contributed by atoms with Crippen LogP contribution in [0.3, 0.4) is 0 Å². The van der Waals surface area contributed by atoms with Crippen molar-refractivity contribution in [3.8, 4) is 0 Å². The highest BCUT2D eigenvalue weighted by Crippen LogP contribution is 2.42. The van der Waals surface area contributed by atoms with Crippen molar-refractivity contribution in [1.29, 1.82) is 0 Å². The molecule has 1 saturated carbocycles. The Labute approximate surface area is 138 Å². The number of hydrogen-bond acceptors (Lipinski definition) is 3. The molecule has 0 spiro atoms. The molecule has 0 radical (unpaired) electrons. The Bertz CT molecular complexity index is 808. The van der Waals surface area contributed by atoms with Crippen LogP contribution in [-0.2, 0) is 9.84 Å². The maximum atomic E-state index is 12.5. The summed E-state index contributed by atoms with van der Waals surface area (Å²) in [5, 5.41) is -0.591. The largest absolute Gasteiger partial charge is 0.294 e. The Balaban J connectivity index is 1.80. The second-order valence-electron chi connectivity index (χ2n) is 5.61. The molecule has 0 heterocycles. The van der Waals surface area contributed by atoms with Gasteiger partial charge < -0.3 is 0 Å². The summed E-state index contributed by atoms with van der Waals surface area (Å²) >= 11 is 3.32. The molecule has 0 amide bonds. The Hall–Kier alpha value is -1.46. The first-order valence-electron chi connectivity index (χ1n) is 7.00. The van der Waals surface area contributed by atoms with Gasteiger partial charge in [0.1, 0.15) is 0 Å². The van der Waals surface area contributed by atoms with Crippen LogP contribution < -0.4 is 0 Å². The summed E-state index contributed by atoms with van der Waals surface area (Å²) < 4.78 is 26.0. The summed E-state index contributed by atoms with van der Waals surface area (Å²) in [4.78, 5) is 12.7. The molecule has 114 valence electrons. The van der Waals surface area contributed by atoms with Crippen molar-refractivity contribution >= 4 is 31.6 Å². The number of halogens is 1. The third-order valence-corrected chi connectivity index (χ3v) is 6.72. The smallest absolute Gasteiger partial charge is 0.181 e. The van der Waals surface area contributed by atoms with Gasteiger partial charge >= 0.3 is 0 Å². The van der Waals surface area contributed by atoms with E-state index in [1.807, 2.05) is 6.92 Å². The third-order valence-electron chi connectivity index (χ3n) is 3.95. The number of benzene rings is 2. The zero-order valence-electron chi connectivity index (χ0n) is 12.0. The second kappa shape index (κ2) is 5.63. The van der Waals surface area contributed by atoms with Crippen LogP contribution in [0.1, 0.15) is 22.3 Å². The highest BCUT2D eigenvalue weighted by atomic mass is 79.9. The van der Waals surface area contributed by atoms with Crippen LogP contribution in [0.2, 0.25) is 0 Å². The number of ketones is 1. The van der Waals surface area contributed by atoms with Gasteiger partial charge in [-0.25, -0.2) is 8.42 Å². The lowest BCUT2D eigenvalue weighted by molar-refractivity contribution is 0.0968. The van der Waals surface area contributed by atoms with E-state index in [1.54, 1.807) is 48.5 Å². The first kappa shape index (κ1) is 15.4. The van der Waals surface area contributed by atoms with E-state index in [-0.39, 0.29) is 5.78 Å². The van der Waals surface area contributed by atoms with Crippen molar-refractivity contribution < 1.29 is 13.2 Å². The van der Waals surface area contributed by atoms with Gasteiger partial charge in [-0.15, -0.1) is 0 Å². The number of carbonyl (C=O) groups is 1. The Morgan fingerprint density at radius 1 is 1.05 bits per heavy atom. The van der Waals surface area contributed by atoms with Gasteiger partial charge in [-0.3, -0.25) is 4.79 Å². The normalized spacial score (nSPS) is 20.6. The van der Waals surface area contributed by atoms with E-state index in [2.05, 4.69) is 15.9 Å². The van der Waals surface area contributed by atoms with Crippen molar-refractivity contribution in [3.05, 3.63) is 64.1 Å². The highest BCUT2D eigenvalue weighted by Gasteiger charge is 2.52. The van der Waals surface area contributed by atoms with Crippen LogP contribution >= 0.6 is 15.9 Å². The standard InChI is InChI=1S/C17H15BrO3S/c1-11-2-8-14(9-3-11)22(20,21)16-10-15(16)17(19)12-4-6-13(18)7-5-12/h2-9,15-16H,10H2,1H3/t15-,16-/m1/s1. The molecular weight excluding hydrogens is 364 g/mol. The summed E-state index contributed by atoms with van der Waals surface area (Å²) in [7, 11) is -3.42. The molecule has 1 aliphatic carbocycles. The third kappa shape index (κ3) is 2.88. The molecule has 0 N–H and O–H groups in total.